The highest BCUT2D eigenvalue weighted by atomic mass is 32.1. The summed E-state index contributed by atoms with van der Waals surface area (Å²) in [6.07, 6.45) is 5.07. The van der Waals surface area contributed by atoms with Crippen LogP contribution in [0.2, 0.25) is 0 Å². The third kappa shape index (κ3) is 3.10. The van der Waals surface area contributed by atoms with E-state index in [1.54, 1.807) is 17.5 Å². The van der Waals surface area contributed by atoms with E-state index >= 15 is 0 Å². The summed E-state index contributed by atoms with van der Waals surface area (Å²) in [5, 5.41) is 12.9. The summed E-state index contributed by atoms with van der Waals surface area (Å²) >= 11 is 1.69. The van der Waals surface area contributed by atoms with Crippen LogP contribution in [-0.2, 0) is 10.3 Å². The van der Waals surface area contributed by atoms with Crippen LogP contribution in [0.5, 0.6) is 0 Å². The molecule has 128 valence electrons. The minimum absolute atomic E-state index is 0.000953. The number of thiophene rings is 1. The molecule has 4 rings (SSSR count). The quantitative estimate of drug-likeness (QED) is 0.757. The molecule has 3 aromatic rings. The number of carbonyl (C=O) groups is 1. The van der Waals surface area contributed by atoms with Gasteiger partial charge in [-0.05, 0) is 61.1 Å². The van der Waals surface area contributed by atoms with Crippen molar-refractivity contribution in [3.05, 3.63) is 60.2 Å². The van der Waals surface area contributed by atoms with Crippen molar-refractivity contribution in [1.29, 1.82) is 0 Å². The van der Waals surface area contributed by atoms with Crippen molar-refractivity contribution in [3.63, 3.8) is 0 Å². The van der Waals surface area contributed by atoms with Crippen molar-refractivity contribution in [2.75, 3.05) is 18.4 Å². The highest BCUT2D eigenvalue weighted by Crippen LogP contribution is 2.30. The van der Waals surface area contributed by atoms with Gasteiger partial charge in [0.15, 0.2) is 0 Å². The van der Waals surface area contributed by atoms with Crippen molar-refractivity contribution in [2.45, 2.75) is 18.4 Å². The molecule has 2 aromatic heterocycles. The number of carbonyl (C=O) groups excluding carboxylic acids is 1. The second-order valence-electron chi connectivity index (χ2n) is 6.24. The minimum atomic E-state index is -0.631. The zero-order valence-electron chi connectivity index (χ0n) is 13.8. The summed E-state index contributed by atoms with van der Waals surface area (Å²) in [4.78, 5) is 14.4. The molecule has 3 heterocycles. The van der Waals surface area contributed by atoms with Gasteiger partial charge in [0.25, 0.3) is 5.91 Å². The maximum Gasteiger partial charge on any atom is 0.252 e. The molecule has 0 aliphatic carbocycles. The fourth-order valence-corrected chi connectivity index (χ4v) is 4.09. The smallest absolute Gasteiger partial charge is 0.252 e. The van der Waals surface area contributed by atoms with Crippen molar-refractivity contribution in [3.8, 4) is 10.4 Å². The van der Waals surface area contributed by atoms with Gasteiger partial charge in [0.2, 0.25) is 0 Å². The topological polar surface area (TPSA) is 59.0 Å². The number of anilines is 1. The van der Waals surface area contributed by atoms with Gasteiger partial charge < -0.3 is 10.6 Å². The molecule has 1 aromatic carbocycles. The van der Waals surface area contributed by atoms with Gasteiger partial charge in [0.05, 0.1) is 0 Å². The first-order chi connectivity index (χ1) is 12.3. The Hall–Kier alpha value is -2.44. The van der Waals surface area contributed by atoms with E-state index in [2.05, 4.69) is 33.2 Å². The van der Waals surface area contributed by atoms with E-state index in [4.69, 9.17) is 0 Å². The van der Waals surface area contributed by atoms with E-state index in [-0.39, 0.29) is 5.91 Å². The number of nitrogens with zero attached hydrogens (tertiary/aromatic N) is 2. The lowest BCUT2D eigenvalue weighted by atomic mass is 9.87. The first-order valence-corrected chi connectivity index (χ1v) is 9.32. The molecule has 25 heavy (non-hydrogen) atoms. The zero-order chi connectivity index (χ0) is 17.1. The van der Waals surface area contributed by atoms with Crippen molar-refractivity contribution in [1.82, 2.24) is 15.1 Å². The molecule has 1 aliphatic rings. The summed E-state index contributed by atoms with van der Waals surface area (Å²) in [5.41, 5.74) is 1.31. The molecule has 5 nitrogen and oxygen atoms in total. The van der Waals surface area contributed by atoms with Crippen LogP contribution in [0, 0.1) is 0 Å². The van der Waals surface area contributed by atoms with Crippen LogP contribution in [-0.4, -0.2) is 28.8 Å². The van der Waals surface area contributed by atoms with E-state index in [0.29, 0.717) is 0 Å². The average Bonchev–Trinajstić information content (AvgIpc) is 3.36. The predicted molar refractivity (Wildman–Crippen MR) is 101 cm³/mol. The molecule has 2 N–H and O–H groups in total. The third-order valence-electron chi connectivity index (χ3n) is 4.72. The van der Waals surface area contributed by atoms with Crippen LogP contribution in [0.3, 0.4) is 0 Å². The number of piperidine rings is 1. The maximum atomic E-state index is 13.2. The standard InChI is InChI=1S/C19H20N4OS/c24-18(19(7-10-20-11-8-19)23-12-3-9-21-23)22-16-5-1-4-15(14-16)17-6-2-13-25-17/h1-6,9,12-14,20H,7-8,10-11H2,(H,22,24). The molecule has 6 heteroatoms. The fraction of sp³-hybridized carbons (Fsp3) is 0.263. The predicted octanol–water partition coefficient (Wildman–Crippen LogP) is 3.33. The van der Waals surface area contributed by atoms with Gasteiger partial charge in [0, 0.05) is 23.0 Å². The monoisotopic (exact) mass is 352 g/mol. The largest absolute Gasteiger partial charge is 0.324 e. The number of amides is 1. The molecule has 0 atom stereocenters. The first-order valence-electron chi connectivity index (χ1n) is 8.44. The van der Waals surface area contributed by atoms with Gasteiger partial charge in [-0.15, -0.1) is 11.3 Å². The second-order valence-corrected chi connectivity index (χ2v) is 7.19. The Balaban J connectivity index is 1.61. The van der Waals surface area contributed by atoms with Gasteiger partial charge in [0.1, 0.15) is 5.54 Å². The Labute approximate surface area is 150 Å². The summed E-state index contributed by atoms with van der Waals surface area (Å²) in [7, 11) is 0. The van der Waals surface area contributed by atoms with E-state index in [9.17, 15) is 4.79 Å². The zero-order valence-corrected chi connectivity index (χ0v) is 14.6. The van der Waals surface area contributed by atoms with Crippen LogP contribution in [0.25, 0.3) is 10.4 Å². The highest BCUT2D eigenvalue weighted by molar-refractivity contribution is 7.13. The molecule has 0 bridgehead atoms. The lowest BCUT2D eigenvalue weighted by molar-refractivity contribution is -0.126. The second kappa shape index (κ2) is 6.82. The van der Waals surface area contributed by atoms with Crippen LogP contribution in [0.4, 0.5) is 5.69 Å². The van der Waals surface area contributed by atoms with E-state index < -0.39 is 5.54 Å². The average molecular weight is 352 g/mol. The Bertz CT molecular complexity index is 836. The van der Waals surface area contributed by atoms with Gasteiger partial charge >= 0.3 is 0 Å². The van der Waals surface area contributed by atoms with Crippen LogP contribution in [0.15, 0.2) is 60.2 Å². The van der Waals surface area contributed by atoms with E-state index in [1.165, 1.54) is 4.88 Å². The summed E-state index contributed by atoms with van der Waals surface area (Å²) in [6.45, 7) is 1.62. The van der Waals surface area contributed by atoms with E-state index in [1.807, 2.05) is 41.2 Å². The number of nitrogens with one attached hydrogen (secondary N) is 2. The SMILES string of the molecule is O=C(Nc1cccc(-c2cccs2)c1)C1(n2cccn2)CCNCC1. The van der Waals surface area contributed by atoms with Crippen molar-refractivity contribution < 1.29 is 4.79 Å². The molecule has 1 amide bonds. The molecular formula is C19H20N4OS. The van der Waals surface area contributed by atoms with Crippen LogP contribution < -0.4 is 10.6 Å². The molecule has 1 aliphatic heterocycles. The van der Waals surface area contributed by atoms with E-state index in [0.717, 1.165) is 37.2 Å². The molecule has 0 unspecified atom stereocenters. The number of aromatic nitrogens is 2. The normalized spacial score (nSPS) is 16.5. The molecule has 0 saturated carbocycles. The van der Waals surface area contributed by atoms with Crippen molar-refractivity contribution >= 4 is 22.9 Å². The van der Waals surface area contributed by atoms with Crippen LogP contribution >= 0.6 is 11.3 Å². The molecule has 0 spiro atoms. The lowest BCUT2D eigenvalue weighted by Crippen LogP contribution is -2.52. The summed E-state index contributed by atoms with van der Waals surface area (Å²) in [5.74, 6) is 0.000953. The molecule has 0 radical (unpaired) electrons. The third-order valence-corrected chi connectivity index (χ3v) is 5.64. The minimum Gasteiger partial charge on any atom is -0.324 e. The summed E-state index contributed by atoms with van der Waals surface area (Å²) in [6, 6.07) is 14.0. The Morgan fingerprint density at radius 3 is 2.80 bits per heavy atom. The van der Waals surface area contributed by atoms with Gasteiger partial charge in [-0.1, -0.05) is 18.2 Å². The van der Waals surface area contributed by atoms with Gasteiger partial charge in [-0.2, -0.15) is 5.10 Å². The Morgan fingerprint density at radius 2 is 2.08 bits per heavy atom. The number of rotatable bonds is 4. The van der Waals surface area contributed by atoms with Crippen LogP contribution in [0.1, 0.15) is 12.8 Å². The number of hydrogen-bond acceptors (Lipinski definition) is 4. The summed E-state index contributed by atoms with van der Waals surface area (Å²) < 4.78 is 1.81. The Kier molecular flexibility index (Phi) is 4.38. The maximum absolute atomic E-state index is 13.2. The van der Waals surface area contributed by atoms with Gasteiger partial charge in [-0.25, -0.2) is 0 Å². The molecule has 1 fully saturated rings. The highest BCUT2D eigenvalue weighted by Gasteiger charge is 2.42. The fourth-order valence-electron chi connectivity index (χ4n) is 3.36. The molecular weight excluding hydrogens is 332 g/mol. The van der Waals surface area contributed by atoms with Gasteiger partial charge in [-0.3, -0.25) is 9.48 Å². The molecule has 1 saturated heterocycles. The lowest BCUT2D eigenvalue weighted by Gasteiger charge is -2.36. The number of hydrogen-bond donors (Lipinski definition) is 2. The Morgan fingerprint density at radius 1 is 1.20 bits per heavy atom. The van der Waals surface area contributed by atoms with Crippen molar-refractivity contribution in [2.24, 2.45) is 0 Å². The first kappa shape index (κ1) is 16.1. The number of benzene rings is 1.